The van der Waals surface area contributed by atoms with E-state index in [1.54, 1.807) is 0 Å². The molecule has 0 aliphatic carbocycles. The average molecular weight is 250 g/mol. The lowest BCUT2D eigenvalue weighted by Crippen LogP contribution is -2.58. The van der Waals surface area contributed by atoms with Crippen LogP contribution in [0, 0.1) is 0 Å². The molecule has 1 atom stereocenters. The first kappa shape index (κ1) is 11.5. The van der Waals surface area contributed by atoms with Crippen LogP contribution < -0.4 is 0 Å². The molecular weight excluding hydrogens is 232 g/mol. The zero-order valence-corrected chi connectivity index (χ0v) is 10.9. The number of nitrogens with zero attached hydrogens (tertiary/aromatic N) is 2. The minimum absolute atomic E-state index is 0.475. The van der Waals surface area contributed by atoms with Gasteiger partial charge in [0.05, 0.1) is 6.10 Å². The zero-order valence-electron chi connectivity index (χ0n) is 10.1. The van der Waals surface area contributed by atoms with E-state index in [-0.39, 0.29) is 0 Å². The van der Waals surface area contributed by atoms with Crippen molar-refractivity contribution in [1.29, 1.82) is 0 Å². The highest BCUT2D eigenvalue weighted by atomic mass is 32.2. The molecule has 0 amide bonds. The Morgan fingerprint density at radius 2 is 2.24 bits per heavy atom. The summed E-state index contributed by atoms with van der Waals surface area (Å²) in [6.07, 6.45) is 5.44. The van der Waals surface area contributed by atoms with Crippen LogP contribution in [0.5, 0.6) is 0 Å². The fraction of sp³-hybridized carbons (Fsp3) is 0.615. The maximum atomic E-state index is 5.45. The molecule has 17 heavy (non-hydrogen) atoms. The van der Waals surface area contributed by atoms with Gasteiger partial charge < -0.3 is 4.74 Å². The van der Waals surface area contributed by atoms with Crippen LogP contribution in [-0.2, 0) is 11.3 Å². The van der Waals surface area contributed by atoms with E-state index in [1.807, 2.05) is 19.5 Å². The minimum Gasteiger partial charge on any atom is -0.381 e. The topological polar surface area (TPSA) is 25.4 Å². The molecular formula is C13H18N2OS. The number of ether oxygens (including phenoxy) is 1. The van der Waals surface area contributed by atoms with Crippen LogP contribution in [0.2, 0.25) is 0 Å². The number of hydrogen-bond donors (Lipinski definition) is 0. The first-order valence-electron chi connectivity index (χ1n) is 6.08. The highest BCUT2D eigenvalue weighted by Gasteiger charge is 2.48. The number of methoxy groups -OCH3 is 1. The Kier molecular flexibility index (Phi) is 3.11. The second-order valence-electron chi connectivity index (χ2n) is 5.06. The van der Waals surface area contributed by atoms with Crippen LogP contribution in [0.1, 0.15) is 12.0 Å². The summed E-state index contributed by atoms with van der Waals surface area (Å²) in [6.45, 7) is 3.47. The van der Waals surface area contributed by atoms with Crippen molar-refractivity contribution in [2.45, 2.75) is 23.8 Å². The molecule has 2 aliphatic heterocycles. The van der Waals surface area contributed by atoms with Gasteiger partial charge in [-0.25, -0.2) is 0 Å². The Morgan fingerprint density at radius 1 is 1.47 bits per heavy atom. The average Bonchev–Trinajstić information content (AvgIpc) is 2.74. The predicted molar refractivity (Wildman–Crippen MR) is 70.1 cm³/mol. The molecule has 2 saturated heterocycles. The lowest BCUT2D eigenvalue weighted by molar-refractivity contribution is 0.0631. The number of hydrogen-bond acceptors (Lipinski definition) is 4. The number of pyridine rings is 1. The molecule has 3 nitrogen and oxygen atoms in total. The van der Waals surface area contributed by atoms with Gasteiger partial charge in [0.2, 0.25) is 0 Å². The summed E-state index contributed by atoms with van der Waals surface area (Å²) in [7, 11) is 1.83. The van der Waals surface area contributed by atoms with Crippen molar-refractivity contribution in [3.05, 3.63) is 30.1 Å². The summed E-state index contributed by atoms with van der Waals surface area (Å²) < 4.78 is 5.94. The van der Waals surface area contributed by atoms with Gasteiger partial charge in [-0.05, 0) is 24.1 Å². The lowest BCUT2D eigenvalue weighted by atomic mass is 9.92. The highest BCUT2D eigenvalue weighted by Crippen LogP contribution is 2.46. The van der Waals surface area contributed by atoms with Crippen LogP contribution in [-0.4, -0.2) is 46.7 Å². The summed E-state index contributed by atoms with van der Waals surface area (Å²) in [5.74, 6) is 1.17. The van der Waals surface area contributed by atoms with E-state index in [0.717, 1.165) is 6.54 Å². The Morgan fingerprint density at radius 3 is 2.88 bits per heavy atom. The minimum atomic E-state index is 0.475. The van der Waals surface area contributed by atoms with Gasteiger partial charge in [-0.1, -0.05) is 0 Å². The Bertz CT molecular complexity index is 378. The maximum Gasteiger partial charge on any atom is 0.0676 e. The number of rotatable bonds is 3. The van der Waals surface area contributed by atoms with Gasteiger partial charge >= 0.3 is 0 Å². The summed E-state index contributed by atoms with van der Waals surface area (Å²) in [6, 6.07) is 4.20. The van der Waals surface area contributed by atoms with Crippen molar-refractivity contribution in [2.24, 2.45) is 0 Å². The fourth-order valence-corrected chi connectivity index (χ4v) is 4.45. The zero-order chi connectivity index (χ0) is 11.7. The maximum absolute atomic E-state index is 5.45. The van der Waals surface area contributed by atoms with E-state index in [1.165, 1.54) is 30.8 Å². The van der Waals surface area contributed by atoms with Gasteiger partial charge in [-0.15, -0.1) is 11.8 Å². The van der Waals surface area contributed by atoms with Crippen LogP contribution in [0.4, 0.5) is 0 Å². The second-order valence-corrected chi connectivity index (χ2v) is 6.54. The first-order chi connectivity index (χ1) is 8.30. The summed E-state index contributed by atoms with van der Waals surface area (Å²) in [5, 5.41) is 0. The standard InChI is InChI=1S/C13H18N2OS/c1-16-12-6-13(17-8-12)9-15(10-13)7-11-2-4-14-5-3-11/h2-5,12H,6-10H2,1H3. The van der Waals surface area contributed by atoms with Gasteiger partial charge in [-0.3, -0.25) is 9.88 Å². The third kappa shape index (κ3) is 2.34. The van der Waals surface area contributed by atoms with Gasteiger partial charge in [0, 0.05) is 49.6 Å². The van der Waals surface area contributed by atoms with E-state index in [4.69, 9.17) is 4.74 Å². The van der Waals surface area contributed by atoms with Crippen molar-refractivity contribution < 1.29 is 4.74 Å². The molecule has 0 N–H and O–H groups in total. The summed E-state index contributed by atoms with van der Waals surface area (Å²) in [5.41, 5.74) is 1.36. The molecule has 3 heterocycles. The molecule has 1 unspecified atom stereocenters. The van der Waals surface area contributed by atoms with Crippen LogP contribution in [0.25, 0.3) is 0 Å². The first-order valence-corrected chi connectivity index (χ1v) is 7.06. The summed E-state index contributed by atoms with van der Waals surface area (Å²) >= 11 is 2.10. The third-order valence-electron chi connectivity index (χ3n) is 3.69. The van der Waals surface area contributed by atoms with E-state index < -0.39 is 0 Å². The number of likely N-dealkylation sites (tertiary alicyclic amines) is 1. The molecule has 2 aliphatic rings. The predicted octanol–water partition coefficient (Wildman–Crippen LogP) is 1.79. The quantitative estimate of drug-likeness (QED) is 0.816. The van der Waals surface area contributed by atoms with E-state index >= 15 is 0 Å². The van der Waals surface area contributed by atoms with Crippen molar-refractivity contribution in [3.8, 4) is 0 Å². The molecule has 0 saturated carbocycles. The van der Waals surface area contributed by atoms with Crippen molar-refractivity contribution >= 4 is 11.8 Å². The van der Waals surface area contributed by atoms with E-state index in [0.29, 0.717) is 10.9 Å². The Hall–Kier alpha value is -0.580. The van der Waals surface area contributed by atoms with E-state index in [9.17, 15) is 0 Å². The molecule has 2 fully saturated rings. The third-order valence-corrected chi connectivity index (χ3v) is 5.26. The second kappa shape index (κ2) is 4.59. The van der Waals surface area contributed by atoms with Gasteiger partial charge in [0.25, 0.3) is 0 Å². The molecule has 1 spiro atoms. The Balaban J connectivity index is 1.52. The molecule has 0 bridgehead atoms. The van der Waals surface area contributed by atoms with Crippen molar-refractivity contribution in [2.75, 3.05) is 26.0 Å². The van der Waals surface area contributed by atoms with Crippen LogP contribution in [0.3, 0.4) is 0 Å². The molecule has 0 aromatic carbocycles. The number of thioether (sulfide) groups is 1. The molecule has 3 rings (SSSR count). The van der Waals surface area contributed by atoms with Crippen molar-refractivity contribution in [3.63, 3.8) is 0 Å². The van der Waals surface area contributed by atoms with Gasteiger partial charge in [0.1, 0.15) is 0 Å². The molecule has 4 heteroatoms. The molecule has 92 valence electrons. The number of aromatic nitrogens is 1. The smallest absolute Gasteiger partial charge is 0.0676 e. The lowest BCUT2D eigenvalue weighted by Gasteiger charge is -2.47. The van der Waals surface area contributed by atoms with Crippen LogP contribution >= 0.6 is 11.8 Å². The SMILES string of the molecule is COC1CSC2(C1)CN(Cc1ccncc1)C2. The van der Waals surface area contributed by atoms with E-state index in [2.05, 4.69) is 33.8 Å². The Labute approximate surface area is 107 Å². The van der Waals surface area contributed by atoms with Gasteiger partial charge in [0.15, 0.2) is 0 Å². The largest absolute Gasteiger partial charge is 0.381 e. The molecule has 1 aromatic heterocycles. The van der Waals surface area contributed by atoms with Crippen molar-refractivity contribution in [1.82, 2.24) is 9.88 Å². The van der Waals surface area contributed by atoms with Crippen LogP contribution in [0.15, 0.2) is 24.5 Å². The van der Waals surface area contributed by atoms with Gasteiger partial charge in [-0.2, -0.15) is 0 Å². The molecule has 0 radical (unpaired) electrons. The summed E-state index contributed by atoms with van der Waals surface area (Å²) in [4.78, 5) is 6.56. The normalized spacial score (nSPS) is 27.2. The molecule has 1 aromatic rings. The fourth-order valence-electron chi connectivity index (χ4n) is 2.80. The highest BCUT2D eigenvalue weighted by molar-refractivity contribution is 8.01. The monoisotopic (exact) mass is 250 g/mol.